The molecule has 2 rings (SSSR count). The van der Waals surface area contributed by atoms with Gasteiger partial charge in [0.1, 0.15) is 11.7 Å². The van der Waals surface area contributed by atoms with Gasteiger partial charge in [-0.3, -0.25) is 9.59 Å². The molecule has 27 heavy (non-hydrogen) atoms. The fraction of sp³-hybridized carbons (Fsp3) is 0.682. The molecule has 1 saturated carbocycles. The predicted molar refractivity (Wildman–Crippen MR) is 103 cm³/mol. The number of ether oxygens (including phenoxy) is 2. The minimum atomic E-state index is -0.811. The van der Waals surface area contributed by atoms with Gasteiger partial charge in [0.05, 0.1) is 0 Å². The van der Waals surface area contributed by atoms with Crippen molar-refractivity contribution in [2.75, 3.05) is 0 Å². The SMILES string of the molecule is C/C=C(/C)C(=O)O[C@@H]1C[C@H](C)C2CC(=O)C(C)=C2C[C@@H]1C(C)(C)OC(C)=O. The molecule has 0 aromatic rings. The number of carbonyl (C=O) groups excluding carboxylic acids is 3. The monoisotopic (exact) mass is 376 g/mol. The maximum Gasteiger partial charge on any atom is 0.333 e. The van der Waals surface area contributed by atoms with E-state index in [2.05, 4.69) is 6.92 Å². The van der Waals surface area contributed by atoms with Crippen LogP contribution in [0, 0.1) is 17.8 Å². The van der Waals surface area contributed by atoms with Crippen molar-refractivity contribution in [3.8, 4) is 0 Å². The minimum Gasteiger partial charge on any atom is -0.459 e. The number of Topliss-reactive ketones (excluding diaryl/α,β-unsaturated/α-hetero) is 1. The summed E-state index contributed by atoms with van der Waals surface area (Å²) in [7, 11) is 0. The molecule has 4 atom stereocenters. The van der Waals surface area contributed by atoms with Gasteiger partial charge < -0.3 is 9.47 Å². The van der Waals surface area contributed by atoms with E-state index < -0.39 is 5.60 Å². The van der Waals surface area contributed by atoms with Crippen molar-refractivity contribution in [2.24, 2.45) is 17.8 Å². The third-order valence-corrected chi connectivity index (χ3v) is 6.25. The highest BCUT2D eigenvalue weighted by atomic mass is 16.6. The van der Waals surface area contributed by atoms with Crippen molar-refractivity contribution in [2.45, 2.75) is 79.4 Å². The second-order valence-corrected chi connectivity index (χ2v) is 8.52. The van der Waals surface area contributed by atoms with Crippen LogP contribution in [0.5, 0.6) is 0 Å². The first-order valence-corrected chi connectivity index (χ1v) is 9.74. The lowest BCUT2D eigenvalue weighted by Gasteiger charge is -2.38. The first-order chi connectivity index (χ1) is 12.5. The van der Waals surface area contributed by atoms with E-state index >= 15 is 0 Å². The first kappa shape index (κ1) is 21.4. The van der Waals surface area contributed by atoms with Gasteiger partial charge in [0.15, 0.2) is 5.78 Å². The summed E-state index contributed by atoms with van der Waals surface area (Å²) < 4.78 is 11.5. The Labute approximate surface area is 162 Å². The Morgan fingerprint density at radius 2 is 1.81 bits per heavy atom. The van der Waals surface area contributed by atoms with E-state index in [1.54, 1.807) is 19.9 Å². The first-order valence-electron chi connectivity index (χ1n) is 9.74. The van der Waals surface area contributed by atoms with Crippen LogP contribution in [0.1, 0.15) is 67.7 Å². The van der Waals surface area contributed by atoms with Crippen LogP contribution >= 0.6 is 0 Å². The fourth-order valence-electron chi connectivity index (χ4n) is 4.46. The largest absolute Gasteiger partial charge is 0.459 e. The standard InChI is InChI=1S/C22H32O5/c1-8-12(2)21(25)26-20-9-13(3)16-11-19(24)14(4)17(16)10-18(20)22(6,7)27-15(5)23/h8,13,16,18,20H,9-11H2,1-7H3/b12-8-/t13-,16?,18-,20+/m0/s1. The molecule has 0 aromatic heterocycles. The summed E-state index contributed by atoms with van der Waals surface area (Å²) in [4.78, 5) is 36.4. The van der Waals surface area contributed by atoms with E-state index in [4.69, 9.17) is 9.47 Å². The molecule has 0 aliphatic heterocycles. The van der Waals surface area contributed by atoms with Crippen LogP contribution in [0.25, 0.3) is 0 Å². The quantitative estimate of drug-likeness (QED) is 0.544. The molecular formula is C22H32O5. The van der Waals surface area contributed by atoms with Gasteiger partial charge in [-0.15, -0.1) is 0 Å². The average molecular weight is 376 g/mol. The summed E-state index contributed by atoms with van der Waals surface area (Å²) in [5.41, 5.74) is 1.71. The van der Waals surface area contributed by atoms with E-state index in [1.807, 2.05) is 20.8 Å². The molecule has 0 aromatic carbocycles. The summed E-state index contributed by atoms with van der Waals surface area (Å²) in [6.45, 7) is 12.6. The van der Waals surface area contributed by atoms with Crippen LogP contribution in [0.4, 0.5) is 0 Å². The van der Waals surface area contributed by atoms with Crippen LogP contribution in [0.3, 0.4) is 0 Å². The number of ketones is 1. The summed E-state index contributed by atoms with van der Waals surface area (Å²) >= 11 is 0. The number of fused-ring (bicyclic) bond motifs is 1. The Bertz CT molecular complexity index is 697. The second kappa shape index (κ2) is 7.99. The molecule has 2 aliphatic rings. The molecule has 1 fully saturated rings. The molecule has 0 saturated heterocycles. The van der Waals surface area contributed by atoms with Gasteiger partial charge in [-0.25, -0.2) is 4.79 Å². The van der Waals surface area contributed by atoms with Gasteiger partial charge >= 0.3 is 11.9 Å². The number of rotatable bonds is 4. The van der Waals surface area contributed by atoms with Crippen molar-refractivity contribution in [1.29, 1.82) is 0 Å². The molecule has 150 valence electrons. The van der Waals surface area contributed by atoms with E-state index in [9.17, 15) is 14.4 Å². The van der Waals surface area contributed by atoms with Crippen LogP contribution in [0.15, 0.2) is 22.8 Å². The molecule has 0 radical (unpaired) electrons. The van der Waals surface area contributed by atoms with Crippen molar-refractivity contribution in [3.05, 3.63) is 22.8 Å². The minimum absolute atomic E-state index is 0.180. The van der Waals surface area contributed by atoms with Gasteiger partial charge in [0.25, 0.3) is 0 Å². The molecule has 0 spiro atoms. The van der Waals surface area contributed by atoms with Gasteiger partial charge in [-0.05, 0) is 64.9 Å². The zero-order valence-electron chi connectivity index (χ0n) is 17.5. The summed E-state index contributed by atoms with van der Waals surface area (Å²) in [6.07, 6.45) is 3.12. The lowest BCUT2D eigenvalue weighted by molar-refractivity contribution is -0.170. The van der Waals surface area contributed by atoms with Crippen molar-refractivity contribution in [3.63, 3.8) is 0 Å². The van der Waals surface area contributed by atoms with Gasteiger partial charge in [-0.1, -0.05) is 18.6 Å². The Hall–Kier alpha value is -1.91. The Morgan fingerprint density at radius 1 is 1.19 bits per heavy atom. The van der Waals surface area contributed by atoms with Crippen LogP contribution < -0.4 is 0 Å². The van der Waals surface area contributed by atoms with E-state index in [1.165, 1.54) is 6.92 Å². The third-order valence-electron chi connectivity index (χ3n) is 6.25. The molecule has 5 nitrogen and oxygen atoms in total. The molecule has 2 aliphatic carbocycles. The van der Waals surface area contributed by atoms with Crippen molar-refractivity contribution >= 4 is 17.7 Å². The number of allylic oxidation sites excluding steroid dienone is 3. The van der Waals surface area contributed by atoms with Crippen molar-refractivity contribution < 1.29 is 23.9 Å². The van der Waals surface area contributed by atoms with Crippen LogP contribution in [-0.2, 0) is 23.9 Å². The maximum absolute atomic E-state index is 12.5. The molecule has 1 unspecified atom stereocenters. The number of carbonyl (C=O) groups is 3. The summed E-state index contributed by atoms with van der Waals surface area (Å²) in [5, 5.41) is 0. The molecule has 0 bridgehead atoms. The number of hydrogen-bond donors (Lipinski definition) is 0. The van der Waals surface area contributed by atoms with E-state index in [0.29, 0.717) is 24.8 Å². The third kappa shape index (κ3) is 4.50. The highest BCUT2D eigenvalue weighted by Crippen LogP contribution is 2.47. The second-order valence-electron chi connectivity index (χ2n) is 8.52. The zero-order valence-corrected chi connectivity index (χ0v) is 17.5. The zero-order chi connectivity index (χ0) is 20.5. The maximum atomic E-state index is 12.5. The Balaban J connectivity index is 2.44. The van der Waals surface area contributed by atoms with E-state index in [0.717, 1.165) is 11.1 Å². The normalized spacial score (nSPS) is 29.3. The molecule has 5 heteroatoms. The molecular weight excluding hydrogens is 344 g/mol. The number of esters is 2. The predicted octanol–water partition coefficient (Wildman–Crippen LogP) is 4.16. The summed E-state index contributed by atoms with van der Waals surface area (Å²) in [5.74, 6) is -0.323. The molecule has 0 heterocycles. The topological polar surface area (TPSA) is 69.7 Å². The summed E-state index contributed by atoms with van der Waals surface area (Å²) in [6, 6.07) is 0. The van der Waals surface area contributed by atoms with Crippen LogP contribution in [-0.4, -0.2) is 29.4 Å². The fourth-order valence-corrected chi connectivity index (χ4v) is 4.46. The van der Waals surface area contributed by atoms with E-state index in [-0.39, 0.29) is 41.6 Å². The van der Waals surface area contributed by atoms with Crippen molar-refractivity contribution in [1.82, 2.24) is 0 Å². The lowest BCUT2D eigenvalue weighted by atomic mass is 9.80. The highest BCUT2D eigenvalue weighted by molar-refractivity contribution is 5.98. The lowest BCUT2D eigenvalue weighted by Crippen LogP contribution is -2.44. The average Bonchev–Trinajstić information content (AvgIpc) is 2.76. The highest BCUT2D eigenvalue weighted by Gasteiger charge is 2.47. The number of hydrogen-bond acceptors (Lipinski definition) is 5. The van der Waals surface area contributed by atoms with Gasteiger partial charge in [0, 0.05) is 24.8 Å². The smallest absolute Gasteiger partial charge is 0.333 e. The molecule has 0 N–H and O–H groups in total. The molecule has 0 amide bonds. The Kier molecular flexibility index (Phi) is 6.33. The van der Waals surface area contributed by atoms with Gasteiger partial charge in [0.2, 0.25) is 0 Å². The Morgan fingerprint density at radius 3 is 2.37 bits per heavy atom. The van der Waals surface area contributed by atoms with Gasteiger partial charge in [-0.2, -0.15) is 0 Å². The van der Waals surface area contributed by atoms with Crippen LogP contribution in [0.2, 0.25) is 0 Å².